The summed E-state index contributed by atoms with van der Waals surface area (Å²) >= 11 is 0. The zero-order valence-electron chi connectivity index (χ0n) is 13.0. The molecule has 120 valence electrons. The van der Waals surface area contributed by atoms with Crippen LogP contribution in [0, 0.1) is 0 Å². The van der Waals surface area contributed by atoms with Gasteiger partial charge in [0, 0.05) is 25.9 Å². The third kappa shape index (κ3) is 2.18. The number of anilines is 1. The average molecular weight is 337 g/mol. The molecule has 6 heteroatoms. The molecular formula is C18H15N3O2S. The lowest BCUT2D eigenvalue weighted by atomic mass is 10.1. The second kappa shape index (κ2) is 5.42. The van der Waals surface area contributed by atoms with Gasteiger partial charge in [-0.05, 0) is 34.4 Å². The summed E-state index contributed by atoms with van der Waals surface area (Å²) < 4.78 is 27.3. The van der Waals surface area contributed by atoms with Gasteiger partial charge in [-0.3, -0.25) is 0 Å². The predicted octanol–water partition coefficient (Wildman–Crippen LogP) is 2.87. The standard InChI is InChI=1S/C18H15N3O2S/c1-21(18-19-10-5-11-20-18)24(22,23)17-9-4-8-15-14-7-3-2-6-13(14)12-16(15)17/h2-11H,12H2,1H3. The van der Waals surface area contributed by atoms with Crippen LogP contribution in [0.4, 0.5) is 5.95 Å². The highest BCUT2D eigenvalue weighted by molar-refractivity contribution is 7.92. The van der Waals surface area contributed by atoms with Crippen molar-refractivity contribution in [2.24, 2.45) is 0 Å². The highest BCUT2D eigenvalue weighted by Gasteiger charge is 2.30. The molecule has 0 saturated heterocycles. The van der Waals surface area contributed by atoms with Gasteiger partial charge < -0.3 is 0 Å². The molecule has 1 aliphatic carbocycles. The van der Waals surface area contributed by atoms with Crippen LogP contribution in [0.3, 0.4) is 0 Å². The van der Waals surface area contributed by atoms with Crippen LogP contribution in [0.1, 0.15) is 11.1 Å². The van der Waals surface area contributed by atoms with Crippen molar-refractivity contribution in [3.63, 3.8) is 0 Å². The van der Waals surface area contributed by atoms with Crippen LogP contribution in [0.5, 0.6) is 0 Å². The zero-order valence-corrected chi connectivity index (χ0v) is 13.9. The number of hydrogen-bond acceptors (Lipinski definition) is 4. The van der Waals surface area contributed by atoms with Crippen molar-refractivity contribution in [3.05, 3.63) is 72.1 Å². The highest BCUT2D eigenvalue weighted by Crippen LogP contribution is 2.40. The molecule has 24 heavy (non-hydrogen) atoms. The van der Waals surface area contributed by atoms with Gasteiger partial charge in [0.05, 0.1) is 4.90 Å². The fraction of sp³-hybridized carbons (Fsp3) is 0.111. The van der Waals surface area contributed by atoms with E-state index in [0.717, 1.165) is 26.6 Å². The van der Waals surface area contributed by atoms with Gasteiger partial charge in [0.2, 0.25) is 5.95 Å². The van der Waals surface area contributed by atoms with Crippen LogP contribution in [0.25, 0.3) is 11.1 Å². The topological polar surface area (TPSA) is 63.2 Å². The largest absolute Gasteiger partial charge is 0.266 e. The Kier molecular flexibility index (Phi) is 3.35. The maximum atomic E-state index is 13.1. The minimum Gasteiger partial charge on any atom is -0.237 e. The van der Waals surface area contributed by atoms with E-state index in [4.69, 9.17) is 0 Å². The number of sulfonamides is 1. The molecule has 1 heterocycles. The van der Waals surface area contributed by atoms with Crippen LogP contribution < -0.4 is 4.31 Å². The number of fused-ring (bicyclic) bond motifs is 3. The van der Waals surface area contributed by atoms with Gasteiger partial charge in [0.1, 0.15) is 0 Å². The summed E-state index contributed by atoms with van der Waals surface area (Å²) in [7, 11) is -2.25. The number of nitrogens with zero attached hydrogens (tertiary/aromatic N) is 3. The first-order valence-corrected chi connectivity index (χ1v) is 8.99. The van der Waals surface area contributed by atoms with E-state index in [1.165, 1.54) is 19.4 Å². The average Bonchev–Trinajstić information content (AvgIpc) is 3.00. The number of aromatic nitrogens is 2. The molecule has 0 unspecified atom stereocenters. The second-order valence-electron chi connectivity index (χ2n) is 5.64. The van der Waals surface area contributed by atoms with Crippen molar-refractivity contribution in [2.45, 2.75) is 11.3 Å². The molecule has 4 rings (SSSR count). The fourth-order valence-corrected chi connectivity index (χ4v) is 4.43. The predicted molar refractivity (Wildman–Crippen MR) is 92.3 cm³/mol. The Morgan fingerprint density at radius 2 is 1.62 bits per heavy atom. The highest BCUT2D eigenvalue weighted by atomic mass is 32.2. The molecule has 0 atom stereocenters. The zero-order chi connectivity index (χ0) is 16.7. The van der Waals surface area contributed by atoms with Gasteiger partial charge in [-0.25, -0.2) is 22.7 Å². The van der Waals surface area contributed by atoms with Crippen LogP contribution in [-0.2, 0) is 16.4 Å². The quantitative estimate of drug-likeness (QED) is 0.577. The summed E-state index contributed by atoms with van der Waals surface area (Å²) in [6.07, 6.45) is 3.67. The third-order valence-corrected chi connectivity index (χ3v) is 6.10. The number of rotatable bonds is 3. The molecule has 0 fully saturated rings. The molecule has 0 bridgehead atoms. The summed E-state index contributed by atoms with van der Waals surface area (Å²) in [4.78, 5) is 8.39. The number of benzene rings is 2. The van der Waals surface area contributed by atoms with E-state index < -0.39 is 10.0 Å². The van der Waals surface area contributed by atoms with Gasteiger partial charge in [0.25, 0.3) is 10.0 Å². The van der Waals surface area contributed by atoms with E-state index in [1.54, 1.807) is 18.2 Å². The molecule has 0 amide bonds. The van der Waals surface area contributed by atoms with Crippen LogP contribution in [0.2, 0.25) is 0 Å². The van der Waals surface area contributed by atoms with Crippen LogP contribution in [-0.4, -0.2) is 25.4 Å². The van der Waals surface area contributed by atoms with Gasteiger partial charge in [0.15, 0.2) is 0 Å². The Hall–Kier alpha value is -2.73. The summed E-state index contributed by atoms with van der Waals surface area (Å²) in [6, 6.07) is 15.1. The minimum absolute atomic E-state index is 0.158. The van der Waals surface area contributed by atoms with Crippen molar-refractivity contribution in [1.29, 1.82) is 0 Å². The van der Waals surface area contributed by atoms with Crippen molar-refractivity contribution < 1.29 is 8.42 Å². The Labute approximate surface area is 140 Å². The Morgan fingerprint density at radius 1 is 0.917 bits per heavy atom. The van der Waals surface area contributed by atoms with Gasteiger partial charge in [-0.15, -0.1) is 0 Å². The molecule has 0 radical (unpaired) electrons. The van der Waals surface area contributed by atoms with E-state index in [-0.39, 0.29) is 5.95 Å². The molecule has 5 nitrogen and oxygen atoms in total. The smallest absolute Gasteiger partial charge is 0.237 e. The van der Waals surface area contributed by atoms with E-state index in [0.29, 0.717) is 11.3 Å². The van der Waals surface area contributed by atoms with Crippen molar-refractivity contribution >= 4 is 16.0 Å². The lowest BCUT2D eigenvalue weighted by Gasteiger charge is -2.19. The molecule has 0 N–H and O–H groups in total. The molecule has 2 aromatic carbocycles. The van der Waals surface area contributed by atoms with E-state index in [9.17, 15) is 8.42 Å². The molecule has 1 aromatic heterocycles. The van der Waals surface area contributed by atoms with Crippen LogP contribution in [0.15, 0.2) is 65.8 Å². The van der Waals surface area contributed by atoms with E-state index in [1.807, 2.05) is 30.3 Å². The molecule has 3 aromatic rings. The Morgan fingerprint density at radius 3 is 2.42 bits per heavy atom. The first-order valence-electron chi connectivity index (χ1n) is 7.55. The normalized spacial score (nSPS) is 12.5. The summed E-state index contributed by atoms with van der Waals surface area (Å²) in [5, 5.41) is 0. The van der Waals surface area contributed by atoms with Gasteiger partial charge >= 0.3 is 0 Å². The van der Waals surface area contributed by atoms with Crippen molar-refractivity contribution in [3.8, 4) is 11.1 Å². The maximum Gasteiger partial charge on any atom is 0.266 e. The molecule has 0 saturated carbocycles. The number of hydrogen-bond donors (Lipinski definition) is 0. The third-order valence-electron chi connectivity index (χ3n) is 4.28. The monoisotopic (exact) mass is 337 g/mol. The summed E-state index contributed by atoms with van der Waals surface area (Å²) in [6.45, 7) is 0. The van der Waals surface area contributed by atoms with Gasteiger partial charge in [-0.1, -0.05) is 36.4 Å². The lowest BCUT2D eigenvalue weighted by Crippen LogP contribution is -2.29. The summed E-state index contributed by atoms with van der Waals surface area (Å²) in [5.74, 6) is 0.158. The second-order valence-corrected chi connectivity index (χ2v) is 7.58. The van der Waals surface area contributed by atoms with Crippen molar-refractivity contribution in [1.82, 2.24) is 9.97 Å². The molecule has 0 aliphatic heterocycles. The Balaban J connectivity index is 1.84. The van der Waals surface area contributed by atoms with Gasteiger partial charge in [-0.2, -0.15) is 0 Å². The van der Waals surface area contributed by atoms with E-state index >= 15 is 0 Å². The first kappa shape index (κ1) is 14.8. The molecule has 1 aliphatic rings. The SMILES string of the molecule is CN(c1ncccn1)S(=O)(=O)c1cccc2c1Cc1ccccc1-2. The Bertz CT molecular complexity index is 1020. The molecule has 0 spiro atoms. The van der Waals surface area contributed by atoms with Crippen LogP contribution >= 0.6 is 0 Å². The minimum atomic E-state index is -3.73. The lowest BCUT2D eigenvalue weighted by molar-refractivity contribution is 0.592. The fourth-order valence-electron chi connectivity index (χ4n) is 3.08. The first-order chi connectivity index (χ1) is 11.6. The maximum absolute atomic E-state index is 13.1. The summed E-state index contributed by atoms with van der Waals surface area (Å²) in [5.41, 5.74) is 4.06. The van der Waals surface area contributed by atoms with Crippen molar-refractivity contribution in [2.75, 3.05) is 11.4 Å². The molecular weight excluding hydrogens is 322 g/mol. The van der Waals surface area contributed by atoms with E-state index in [2.05, 4.69) is 9.97 Å².